The first-order chi connectivity index (χ1) is 10.7. The van der Waals surface area contributed by atoms with Crippen LogP contribution in [0.3, 0.4) is 0 Å². The van der Waals surface area contributed by atoms with Gasteiger partial charge in [0, 0.05) is 37.7 Å². The van der Waals surface area contributed by atoms with E-state index in [-0.39, 0.29) is 17.9 Å². The van der Waals surface area contributed by atoms with E-state index in [0.29, 0.717) is 24.8 Å². The van der Waals surface area contributed by atoms with Crippen LogP contribution in [-0.2, 0) is 7.05 Å². The summed E-state index contributed by atoms with van der Waals surface area (Å²) in [5.74, 6) is 2.33. The van der Waals surface area contributed by atoms with Gasteiger partial charge < -0.3 is 19.7 Å². The molecule has 0 unspecified atom stereocenters. The van der Waals surface area contributed by atoms with E-state index in [1.807, 2.05) is 11.6 Å². The zero-order valence-electron chi connectivity index (χ0n) is 12.7. The highest BCUT2D eigenvalue weighted by molar-refractivity contribution is 5.27. The Kier molecular flexibility index (Phi) is 4.19. The molecule has 8 nitrogen and oxygen atoms in total. The highest BCUT2D eigenvalue weighted by Crippen LogP contribution is 2.37. The summed E-state index contributed by atoms with van der Waals surface area (Å²) in [4.78, 5) is 8.35. The summed E-state index contributed by atoms with van der Waals surface area (Å²) in [6, 6.07) is 1.69. The van der Waals surface area contributed by atoms with E-state index in [9.17, 15) is 5.11 Å². The minimum absolute atomic E-state index is 0.136. The average Bonchev–Trinajstić information content (AvgIpc) is 3.11. The Hall–Kier alpha value is -2.22. The Labute approximate surface area is 128 Å². The normalized spacial score (nSPS) is 24.4. The van der Waals surface area contributed by atoms with Crippen molar-refractivity contribution in [2.24, 2.45) is 13.0 Å². The van der Waals surface area contributed by atoms with Gasteiger partial charge in [-0.1, -0.05) is 0 Å². The summed E-state index contributed by atoms with van der Waals surface area (Å²) in [7, 11) is 3.50. The molecule has 2 N–H and O–H groups in total. The quantitative estimate of drug-likeness (QED) is 0.833. The van der Waals surface area contributed by atoms with Gasteiger partial charge in [-0.25, -0.2) is 4.98 Å². The predicted octanol–water partition coefficient (Wildman–Crippen LogP) is 0.580. The van der Waals surface area contributed by atoms with E-state index < -0.39 is 0 Å². The number of nitrogens with one attached hydrogen (secondary N) is 1. The van der Waals surface area contributed by atoms with Crippen molar-refractivity contribution in [3.63, 3.8) is 0 Å². The van der Waals surface area contributed by atoms with Crippen LogP contribution in [0.25, 0.3) is 0 Å². The second-order valence-corrected chi connectivity index (χ2v) is 5.60. The van der Waals surface area contributed by atoms with Crippen LogP contribution >= 0.6 is 0 Å². The summed E-state index contributed by atoms with van der Waals surface area (Å²) in [5, 5.41) is 21.5. The van der Waals surface area contributed by atoms with Gasteiger partial charge in [-0.05, 0) is 12.8 Å². The molecule has 1 saturated carbocycles. The van der Waals surface area contributed by atoms with Crippen LogP contribution in [0.15, 0.2) is 18.6 Å². The number of hydrogen-bond acceptors (Lipinski definition) is 7. The maximum absolute atomic E-state index is 10.3. The third-order valence-corrected chi connectivity index (χ3v) is 4.13. The number of anilines is 1. The number of nitrogens with zero attached hydrogens (tertiary/aromatic N) is 5. The lowest BCUT2D eigenvalue weighted by molar-refractivity contribution is 0.137. The lowest BCUT2D eigenvalue weighted by Gasteiger charge is -2.15. The Morgan fingerprint density at radius 1 is 1.45 bits per heavy atom. The number of aliphatic hydroxyl groups is 1. The maximum Gasteiger partial charge on any atom is 0.225 e. The molecule has 8 heteroatoms. The highest BCUT2D eigenvalue weighted by Gasteiger charge is 2.35. The number of methoxy groups -OCH3 is 1. The standard InChI is InChI=1S/C14H20N6O2/c1-20-8-17-19-13(20)9-5-10(11(21)6-9)7-16-14-15-4-3-12(18-14)22-2/h3-4,8-11,21H,5-7H2,1-2H3,(H,15,16,18)/t9-,10+,11+/m0/s1. The molecule has 1 aliphatic rings. The smallest absolute Gasteiger partial charge is 0.225 e. The first-order valence-electron chi connectivity index (χ1n) is 7.30. The van der Waals surface area contributed by atoms with Gasteiger partial charge in [-0.3, -0.25) is 0 Å². The Morgan fingerprint density at radius 3 is 3.05 bits per heavy atom. The fourth-order valence-electron chi connectivity index (χ4n) is 2.96. The minimum atomic E-state index is -0.361. The van der Waals surface area contributed by atoms with Crippen molar-refractivity contribution in [2.75, 3.05) is 19.0 Å². The molecule has 3 atom stereocenters. The SMILES string of the molecule is COc1ccnc(NC[C@H]2C[C@H](c3nncn3C)C[C@H]2O)n1. The van der Waals surface area contributed by atoms with Crippen LogP contribution in [0.2, 0.25) is 0 Å². The number of ether oxygens (including phenoxy) is 1. The van der Waals surface area contributed by atoms with Crippen molar-refractivity contribution >= 4 is 5.95 Å². The third kappa shape index (κ3) is 3.01. The second-order valence-electron chi connectivity index (χ2n) is 5.60. The average molecular weight is 304 g/mol. The summed E-state index contributed by atoms with van der Waals surface area (Å²) in [6.45, 7) is 0.614. The molecule has 2 heterocycles. The van der Waals surface area contributed by atoms with E-state index >= 15 is 0 Å². The maximum atomic E-state index is 10.3. The zero-order chi connectivity index (χ0) is 15.5. The van der Waals surface area contributed by atoms with Gasteiger partial charge in [0.05, 0.1) is 13.2 Å². The number of hydrogen-bond donors (Lipinski definition) is 2. The molecule has 0 aliphatic heterocycles. The predicted molar refractivity (Wildman–Crippen MR) is 79.5 cm³/mol. The third-order valence-electron chi connectivity index (χ3n) is 4.13. The van der Waals surface area contributed by atoms with Gasteiger partial charge in [-0.15, -0.1) is 10.2 Å². The summed E-state index contributed by atoms with van der Waals surface area (Å²) >= 11 is 0. The van der Waals surface area contributed by atoms with Crippen molar-refractivity contribution in [3.8, 4) is 5.88 Å². The molecule has 1 fully saturated rings. The van der Waals surface area contributed by atoms with Crippen molar-refractivity contribution in [1.29, 1.82) is 0 Å². The summed E-state index contributed by atoms with van der Waals surface area (Å²) < 4.78 is 6.98. The van der Waals surface area contributed by atoms with Gasteiger partial charge in [0.25, 0.3) is 0 Å². The molecular weight excluding hydrogens is 284 g/mol. The number of aryl methyl sites for hydroxylation is 1. The number of rotatable bonds is 5. The Bertz CT molecular complexity index is 631. The molecule has 0 spiro atoms. The second kappa shape index (κ2) is 6.27. The highest BCUT2D eigenvalue weighted by atomic mass is 16.5. The van der Waals surface area contributed by atoms with Crippen molar-refractivity contribution in [2.45, 2.75) is 24.9 Å². The molecule has 0 aromatic carbocycles. The molecule has 0 radical (unpaired) electrons. The fourth-order valence-corrected chi connectivity index (χ4v) is 2.96. The van der Waals surface area contributed by atoms with Crippen LogP contribution in [0.1, 0.15) is 24.6 Å². The lowest BCUT2D eigenvalue weighted by Crippen LogP contribution is -2.22. The van der Waals surface area contributed by atoms with Crippen LogP contribution in [0, 0.1) is 5.92 Å². The van der Waals surface area contributed by atoms with Gasteiger partial charge in [0.1, 0.15) is 12.2 Å². The number of aromatic nitrogens is 5. The van der Waals surface area contributed by atoms with E-state index in [0.717, 1.165) is 12.2 Å². The van der Waals surface area contributed by atoms with Gasteiger partial charge in [0.15, 0.2) is 0 Å². The van der Waals surface area contributed by atoms with Crippen molar-refractivity contribution in [3.05, 3.63) is 24.4 Å². The monoisotopic (exact) mass is 304 g/mol. The largest absolute Gasteiger partial charge is 0.481 e. The topological polar surface area (TPSA) is 98.0 Å². The van der Waals surface area contributed by atoms with E-state index in [1.54, 1.807) is 25.7 Å². The molecule has 0 saturated heterocycles. The van der Waals surface area contributed by atoms with Gasteiger partial charge in [0.2, 0.25) is 11.8 Å². The van der Waals surface area contributed by atoms with Crippen LogP contribution in [0.5, 0.6) is 5.88 Å². The van der Waals surface area contributed by atoms with Crippen molar-refractivity contribution in [1.82, 2.24) is 24.7 Å². The van der Waals surface area contributed by atoms with Crippen LogP contribution in [0.4, 0.5) is 5.95 Å². The zero-order valence-corrected chi connectivity index (χ0v) is 12.7. The molecule has 118 valence electrons. The van der Waals surface area contributed by atoms with Crippen molar-refractivity contribution < 1.29 is 9.84 Å². The molecule has 22 heavy (non-hydrogen) atoms. The number of aliphatic hydroxyl groups excluding tert-OH is 1. The van der Waals surface area contributed by atoms with E-state index in [1.165, 1.54) is 0 Å². The molecule has 0 bridgehead atoms. The Morgan fingerprint density at radius 2 is 2.32 bits per heavy atom. The lowest BCUT2D eigenvalue weighted by atomic mass is 10.0. The molecule has 3 rings (SSSR count). The molecule has 1 aliphatic carbocycles. The first-order valence-corrected chi connectivity index (χ1v) is 7.30. The van der Waals surface area contributed by atoms with Crippen LogP contribution in [-0.4, -0.2) is 49.6 Å². The molecular formula is C14H20N6O2. The fraction of sp³-hybridized carbons (Fsp3) is 0.571. The van der Waals surface area contributed by atoms with Gasteiger partial charge in [-0.2, -0.15) is 4.98 Å². The first kappa shape index (κ1) is 14.7. The molecule has 2 aromatic heterocycles. The van der Waals surface area contributed by atoms with E-state index in [4.69, 9.17) is 4.74 Å². The molecule has 2 aromatic rings. The van der Waals surface area contributed by atoms with Crippen LogP contribution < -0.4 is 10.1 Å². The van der Waals surface area contributed by atoms with Gasteiger partial charge >= 0.3 is 0 Å². The summed E-state index contributed by atoms with van der Waals surface area (Å²) in [5.41, 5.74) is 0. The summed E-state index contributed by atoms with van der Waals surface area (Å²) in [6.07, 6.45) is 4.54. The minimum Gasteiger partial charge on any atom is -0.481 e. The Balaban J connectivity index is 1.60. The molecule has 0 amide bonds. The van der Waals surface area contributed by atoms with E-state index in [2.05, 4.69) is 25.5 Å².